The monoisotopic (exact) mass is 260 g/mol. The summed E-state index contributed by atoms with van der Waals surface area (Å²) in [4.78, 5) is 10.4. The highest BCUT2D eigenvalue weighted by Gasteiger charge is 1.95. The molecule has 4 heteroatoms. The number of carbonyl (C=O) groups is 1. The summed E-state index contributed by atoms with van der Waals surface area (Å²) >= 11 is 3.28. The largest absolute Gasteiger partial charge is 0.394 e. The van der Waals surface area contributed by atoms with Crippen LogP contribution in [0, 0.1) is 6.92 Å². The number of aliphatic hydroxyl groups excluding tert-OH is 2. The first kappa shape index (κ1) is 13.3. The highest BCUT2D eigenvalue weighted by Crippen LogP contribution is 2.13. The molecule has 78 valence electrons. The van der Waals surface area contributed by atoms with Crippen molar-refractivity contribution in [3.63, 3.8) is 0 Å². The molecular formula is C10H13BrO3. The molecule has 0 heterocycles. The molecule has 0 fully saturated rings. The third-order valence-electron chi connectivity index (χ3n) is 1.47. The molecule has 0 radical (unpaired) electrons. The van der Waals surface area contributed by atoms with E-state index < -0.39 is 0 Å². The fraction of sp³-hybridized carbons (Fsp3) is 0.300. The van der Waals surface area contributed by atoms with Gasteiger partial charge in [-0.3, -0.25) is 4.79 Å². The lowest BCUT2D eigenvalue weighted by molar-refractivity contribution is 0.112. The first-order valence-electron chi connectivity index (χ1n) is 4.08. The topological polar surface area (TPSA) is 57.5 Å². The Morgan fingerprint density at radius 1 is 1.36 bits per heavy atom. The number of halogens is 1. The molecule has 0 amide bonds. The minimum Gasteiger partial charge on any atom is -0.394 e. The molecule has 1 rings (SSSR count). The van der Waals surface area contributed by atoms with Crippen LogP contribution < -0.4 is 0 Å². The van der Waals surface area contributed by atoms with Gasteiger partial charge in [0.05, 0.1) is 13.2 Å². The van der Waals surface area contributed by atoms with E-state index in [0.29, 0.717) is 0 Å². The first-order chi connectivity index (χ1) is 6.65. The zero-order chi connectivity index (χ0) is 11.0. The Labute approximate surface area is 91.5 Å². The van der Waals surface area contributed by atoms with Gasteiger partial charge in [0.25, 0.3) is 0 Å². The van der Waals surface area contributed by atoms with Crippen LogP contribution >= 0.6 is 15.9 Å². The molecule has 1 aromatic carbocycles. The summed E-state index contributed by atoms with van der Waals surface area (Å²) < 4.78 is 0.945. The van der Waals surface area contributed by atoms with Gasteiger partial charge >= 0.3 is 0 Å². The first-order valence-corrected chi connectivity index (χ1v) is 4.88. The lowest BCUT2D eigenvalue weighted by Crippen LogP contribution is -1.85. The van der Waals surface area contributed by atoms with Gasteiger partial charge < -0.3 is 10.2 Å². The SMILES string of the molecule is Cc1ccc(Br)cc1C=O.OCCO. The number of benzene rings is 1. The fourth-order valence-electron chi connectivity index (χ4n) is 0.738. The Kier molecular flexibility index (Phi) is 7.28. The zero-order valence-electron chi connectivity index (χ0n) is 7.90. The number of rotatable bonds is 2. The molecule has 0 bridgehead atoms. The fourth-order valence-corrected chi connectivity index (χ4v) is 1.12. The maximum atomic E-state index is 10.4. The van der Waals surface area contributed by atoms with Crippen molar-refractivity contribution in [1.82, 2.24) is 0 Å². The summed E-state index contributed by atoms with van der Waals surface area (Å²) in [6, 6.07) is 5.64. The molecular weight excluding hydrogens is 248 g/mol. The number of aldehydes is 1. The molecule has 0 unspecified atom stereocenters. The van der Waals surface area contributed by atoms with Crippen molar-refractivity contribution in [2.45, 2.75) is 6.92 Å². The molecule has 0 saturated heterocycles. The predicted molar refractivity (Wildman–Crippen MR) is 58.4 cm³/mol. The van der Waals surface area contributed by atoms with Crippen LogP contribution in [0.5, 0.6) is 0 Å². The van der Waals surface area contributed by atoms with Crippen LogP contribution in [0.4, 0.5) is 0 Å². The second kappa shape index (κ2) is 7.67. The number of aliphatic hydroxyl groups is 2. The Morgan fingerprint density at radius 3 is 2.29 bits per heavy atom. The number of hydrogen-bond donors (Lipinski definition) is 2. The van der Waals surface area contributed by atoms with Gasteiger partial charge in [0, 0.05) is 10.0 Å². The maximum absolute atomic E-state index is 10.4. The Bertz CT molecular complexity index is 285. The third-order valence-corrected chi connectivity index (χ3v) is 1.96. The van der Waals surface area contributed by atoms with Crippen LogP contribution in [-0.4, -0.2) is 29.7 Å². The van der Waals surface area contributed by atoms with Crippen molar-refractivity contribution < 1.29 is 15.0 Å². The molecule has 2 N–H and O–H groups in total. The van der Waals surface area contributed by atoms with Crippen molar-refractivity contribution in [3.05, 3.63) is 33.8 Å². The summed E-state index contributed by atoms with van der Waals surface area (Å²) in [5, 5.41) is 15.2. The Morgan fingerprint density at radius 2 is 1.93 bits per heavy atom. The number of carbonyl (C=O) groups excluding carboxylic acids is 1. The van der Waals surface area contributed by atoms with E-state index in [1.807, 2.05) is 25.1 Å². The Hall–Kier alpha value is -0.710. The molecule has 0 aromatic heterocycles. The van der Waals surface area contributed by atoms with Crippen molar-refractivity contribution in [2.75, 3.05) is 13.2 Å². The average Bonchev–Trinajstić information content (AvgIpc) is 2.22. The molecule has 0 aliphatic rings. The van der Waals surface area contributed by atoms with Gasteiger partial charge in [0.2, 0.25) is 0 Å². The Balaban J connectivity index is 0.000000364. The molecule has 1 aromatic rings. The second-order valence-corrected chi connectivity index (χ2v) is 3.48. The number of aryl methyl sites for hydroxylation is 1. The van der Waals surface area contributed by atoms with Gasteiger partial charge in [0.15, 0.2) is 0 Å². The van der Waals surface area contributed by atoms with Gasteiger partial charge in [0.1, 0.15) is 6.29 Å². The van der Waals surface area contributed by atoms with E-state index in [1.165, 1.54) is 0 Å². The van der Waals surface area contributed by atoms with E-state index in [1.54, 1.807) is 0 Å². The molecule has 0 aliphatic heterocycles. The smallest absolute Gasteiger partial charge is 0.150 e. The highest BCUT2D eigenvalue weighted by atomic mass is 79.9. The van der Waals surface area contributed by atoms with E-state index in [0.717, 1.165) is 21.9 Å². The normalized spacial score (nSPS) is 8.86. The van der Waals surface area contributed by atoms with Crippen LogP contribution in [0.15, 0.2) is 22.7 Å². The minimum atomic E-state index is -0.125. The summed E-state index contributed by atoms with van der Waals surface area (Å²) in [6.45, 7) is 1.66. The molecule has 0 atom stereocenters. The van der Waals surface area contributed by atoms with Gasteiger partial charge in [-0.05, 0) is 24.6 Å². The van der Waals surface area contributed by atoms with Crippen LogP contribution in [0.1, 0.15) is 15.9 Å². The van der Waals surface area contributed by atoms with Crippen molar-refractivity contribution >= 4 is 22.2 Å². The van der Waals surface area contributed by atoms with Crippen LogP contribution in [0.2, 0.25) is 0 Å². The quantitative estimate of drug-likeness (QED) is 0.794. The zero-order valence-corrected chi connectivity index (χ0v) is 9.49. The summed E-state index contributed by atoms with van der Waals surface area (Å²) in [7, 11) is 0. The molecule has 14 heavy (non-hydrogen) atoms. The lowest BCUT2D eigenvalue weighted by atomic mass is 10.1. The van der Waals surface area contributed by atoms with Crippen molar-refractivity contribution in [2.24, 2.45) is 0 Å². The third kappa shape index (κ3) is 5.11. The lowest BCUT2D eigenvalue weighted by Gasteiger charge is -1.96. The number of hydrogen-bond acceptors (Lipinski definition) is 3. The van der Waals surface area contributed by atoms with Gasteiger partial charge in [-0.2, -0.15) is 0 Å². The summed E-state index contributed by atoms with van der Waals surface area (Å²) in [5.74, 6) is 0. The van der Waals surface area contributed by atoms with Crippen molar-refractivity contribution in [3.8, 4) is 0 Å². The van der Waals surface area contributed by atoms with E-state index in [9.17, 15) is 4.79 Å². The molecule has 0 saturated carbocycles. The molecule has 0 aliphatic carbocycles. The maximum Gasteiger partial charge on any atom is 0.150 e. The second-order valence-electron chi connectivity index (χ2n) is 2.57. The van der Waals surface area contributed by atoms with Crippen LogP contribution in [-0.2, 0) is 0 Å². The summed E-state index contributed by atoms with van der Waals surface area (Å²) in [5.41, 5.74) is 1.76. The average molecular weight is 261 g/mol. The van der Waals surface area contributed by atoms with E-state index >= 15 is 0 Å². The highest BCUT2D eigenvalue weighted by molar-refractivity contribution is 9.10. The minimum absolute atomic E-state index is 0.125. The van der Waals surface area contributed by atoms with Gasteiger partial charge in [-0.25, -0.2) is 0 Å². The van der Waals surface area contributed by atoms with E-state index in [-0.39, 0.29) is 13.2 Å². The van der Waals surface area contributed by atoms with Gasteiger partial charge in [-0.1, -0.05) is 22.0 Å². The molecule has 0 spiro atoms. The summed E-state index contributed by atoms with van der Waals surface area (Å²) in [6.07, 6.45) is 0.861. The van der Waals surface area contributed by atoms with E-state index in [4.69, 9.17) is 10.2 Å². The predicted octanol–water partition coefficient (Wildman–Crippen LogP) is 1.54. The van der Waals surface area contributed by atoms with Gasteiger partial charge in [-0.15, -0.1) is 0 Å². The van der Waals surface area contributed by atoms with Crippen LogP contribution in [0.3, 0.4) is 0 Å². The van der Waals surface area contributed by atoms with E-state index in [2.05, 4.69) is 15.9 Å². The van der Waals surface area contributed by atoms with Crippen LogP contribution in [0.25, 0.3) is 0 Å². The van der Waals surface area contributed by atoms with Crippen molar-refractivity contribution in [1.29, 1.82) is 0 Å². The molecule has 3 nitrogen and oxygen atoms in total. The standard InChI is InChI=1S/C8H7BrO.C2H6O2/c1-6-2-3-8(9)4-7(6)5-10;3-1-2-4/h2-5H,1H3;3-4H,1-2H2.